The van der Waals surface area contributed by atoms with Crippen LogP contribution in [0, 0.1) is 0 Å². The predicted octanol–water partition coefficient (Wildman–Crippen LogP) is 2.02. The first-order valence-electron chi connectivity index (χ1n) is 7.04. The fraction of sp³-hybridized carbons (Fsp3) is 0.333. The highest BCUT2D eigenvalue weighted by Crippen LogP contribution is 2.10. The average molecular weight is 286 g/mol. The number of piperazine rings is 1. The first kappa shape index (κ1) is 13.6. The van der Waals surface area contributed by atoms with Gasteiger partial charge in [0.15, 0.2) is 5.82 Å². The van der Waals surface area contributed by atoms with Crippen LogP contribution in [0.25, 0.3) is 0 Å². The molecule has 0 unspecified atom stereocenters. The fourth-order valence-electron chi connectivity index (χ4n) is 2.42. The van der Waals surface area contributed by atoms with Crippen molar-refractivity contribution in [1.29, 1.82) is 0 Å². The zero-order valence-corrected chi connectivity index (χ0v) is 11.7. The summed E-state index contributed by atoms with van der Waals surface area (Å²) in [5.74, 6) is 0.451. The number of urea groups is 1. The molecule has 1 N–H and O–H groups in total. The first-order valence-corrected chi connectivity index (χ1v) is 7.04. The summed E-state index contributed by atoms with van der Waals surface area (Å²) in [6.45, 7) is 4.12. The van der Waals surface area contributed by atoms with Gasteiger partial charge < -0.3 is 9.42 Å². The Hall–Kier alpha value is -2.34. The Morgan fingerprint density at radius 2 is 1.90 bits per heavy atom. The Bertz CT molecular complexity index is 563. The standard InChI is InChI=1S/C15H18N4O2/c20-15(16-14-6-11-21-17-14)19-9-7-18(8-10-19)12-13-4-2-1-3-5-13/h1-6,11H,7-10,12H2,(H,16,17,20). The molecule has 3 rings (SSSR count). The second-order valence-electron chi connectivity index (χ2n) is 5.06. The maximum Gasteiger partial charge on any atom is 0.323 e. The molecule has 1 fully saturated rings. The highest BCUT2D eigenvalue weighted by Gasteiger charge is 2.21. The lowest BCUT2D eigenvalue weighted by Gasteiger charge is -2.34. The molecule has 2 amide bonds. The SMILES string of the molecule is O=C(Nc1ccon1)N1CCN(Cc2ccccc2)CC1. The highest BCUT2D eigenvalue weighted by molar-refractivity contribution is 5.88. The van der Waals surface area contributed by atoms with Crippen molar-refractivity contribution in [3.05, 3.63) is 48.2 Å². The number of anilines is 1. The molecule has 6 nitrogen and oxygen atoms in total. The summed E-state index contributed by atoms with van der Waals surface area (Å²) < 4.78 is 4.69. The molecule has 1 aliphatic heterocycles. The summed E-state index contributed by atoms with van der Waals surface area (Å²) in [5, 5.41) is 6.40. The number of nitrogens with zero attached hydrogens (tertiary/aromatic N) is 3. The lowest BCUT2D eigenvalue weighted by molar-refractivity contribution is 0.143. The van der Waals surface area contributed by atoms with Crippen molar-refractivity contribution in [2.24, 2.45) is 0 Å². The third-order valence-corrected chi connectivity index (χ3v) is 3.58. The zero-order chi connectivity index (χ0) is 14.5. The van der Waals surface area contributed by atoms with E-state index in [1.54, 1.807) is 11.0 Å². The Balaban J connectivity index is 1.47. The second kappa shape index (κ2) is 6.41. The maximum absolute atomic E-state index is 12.0. The molecule has 0 aliphatic carbocycles. The number of hydrogen-bond donors (Lipinski definition) is 1. The molecular weight excluding hydrogens is 268 g/mol. The van der Waals surface area contributed by atoms with Crippen LogP contribution in [0.15, 0.2) is 47.2 Å². The van der Waals surface area contributed by atoms with E-state index in [0.29, 0.717) is 5.82 Å². The monoisotopic (exact) mass is 286 g/mol. The van der Waals surface area contributed by atoms with Crippen LogP contribution in [0.3, 0.4) is 0 Å². The van der Waals surface area contributed by atoms with Crippen LogP contribution in [0.5, 0.6) is 0 Å². The van der Waals surface area contributed by atoms with Crippen molar-refractivity contribution in [2.75, 3.05) is 31.5 Å². The first-order chi connectivity index (χ1) is 10.3. The third kappa shape index (κ3) is 3.61. The number of aromatic nitrogens is 1. The van der Waals surface area contributed by atoms with E-state index in [2.05, 4.69) is 39.6 Å². The van der Waals surface area contributed by atoms with Crippen molar-refractivity contribution < 1.29 is 9.32 Å². The molecule has 0 radical (unpaired) electrons. The van der Waals surface area contributed by atoms with Crippen molar-refractivity contribution in [1.82, 2.24) is 15.0 Å². The highest BCUT2D eigenvalue weighted by atomic mass is 16.5. The topological polar surface area (TPSA) is 61.6 Å². The number of hydrogen-bond acceptors (Lipinski definition) is 4. The minimum Gasteiger partial charge on any atom is -0.363 e. The number of carbonyl (C=O) groups excluding carboxylic acids is 1. The molecule has 6 heteroatoms. The van der Waals surface area contributed by atoms with Crippen molar-refractivity contribution >= 4 is 11.8 Å². The predicted molar refractivity (Wildman–Crippen MR) is 78.8 cm³/mol. The van der Waals surface area contributed by atoms with Gasteiger partial charge in [0.1, 0.15) is 6.26 Å². The molecule has 1 saturated heterocycles. The van der Waals surface area contributed by atoms with Crippen LogP contribution < -0.4 is 5.32 Å². The lowest BCUT2D eigenvalue weighted by atomic mass is 10.2. The van der Waals surface area contributed by atoms with Gasteiger partial charge in [0.2, 0.25) is 0 Å². The fourth-order valence-corrected chi connectivity index (χ4v) is 2.42. The minimum atomic E-state index is -0.122. The van der Waals surface area contributed by atoms with Gasteiger partial charge in [-0.2, -0.15) is 0 Å². The van der Waals surface area contributed by atoms with E-state index in [1.807, 2.05) is 6.07 Å². The van der Waals surface area contributed by atoms with Gasteiger partial charge in [-0.1, -0.05) is 35.5 Å². The Morgan fingerprint density at radius 3 is 2.57 bits per heavy atom. The summed E-state index contributed by atoms with van der Waals surface area (Å²) >= 11 is 0. The van der Waals surface area contributed by atoms with Gasteiger partial charge in [0.05, 0.1) is 0 Å². The Labute approximate surface area is 123 Å². The summed E-state index contributed by atoms with van der Waals surface area (Å²) in [4.78, 5) is 16.2. The van der Waals surface area contributed by atoms with E-state index in [4.69, 9.17) is 4.52 Å². The molecule has 1 aliphatic rings. The van der Waals surface area contributed by atoms with E-state index in [-0.39, 0.29) is 6.03 Å². The number of benzene rings is 1. The van der Waals surface area contributed by atoms with Gasteiger partial charge in [-0.15, -0.1) is 0 Å². The number of amides is 2. The molecule has 21 heavy (non-hydrogen) atoms. The van der Waals surface area contributed by atoms with Crippen LogP contribution in [-0.4, -0.2) is 47.2 Å². The molecule has 1 aromatic heterocycles. The molecule has 0 atom stereocenters. The second-order valence-corrected chi connectivity index (χ2v) is 5.06. The van der Waals surface area contributed by atoms with Gasteiger partial charge >= 0.3 is 6.03 Å². The molecule has 2 heterocycles. The smallest absolute Gasteiger partial charge is 0.323 e. The van der Waals surface area contributed by atoms with Crippen LogP contribution >= 0.6 is 0 Å². The number of rotatable bonds is 3. The van der Waals surface area contributed by atoms with Crippen LogP contribution in [0.2, 0.25) is 0 Å². The summed E-state index contributed by atoms with van der Waals surface area (Å²) in [7, 11) is 0. The maximum atomic E-state index is 12.0. The summed E-state index contributed by atoms with van der Waals surface area (Å²) in [6.07, 6.45) is 1.44. The third-order valence-electron chi connectivity index (χ3n) is 3.58. The van der Waals surface area contributed by atoms with Crippen LogP contribution in [-0.2, 0) is 6.54 Å². The normalized spacial score (nSPS) is 15.9. The molecule has 0 saturated carbocycles. The van der Waals surface area contributed by atoms with Gasteiger partial charge in [-0.05, 0) is 5.56 Å². The molecule has 1 aromatic carbocycles. The minimum absolute atomic E-state index is 0.122. The molecule has 2 aromatic rings. The summed E-state index contributed by atoms with van der Waals surface area (Å²) in [6, 6.07) is 11.9. The van der Waals surface area contributed by atoms with Gasteiger partial charge in [-0.25, -0.2) is 4.79 Å². The van der Waals surface area contributed by atoms with E-state index in [1.165, 1.54) is 11.8 Å². The molecule has 110 valence electrons. The van der Waals surface area contributed by atoms with E-state index in [9.17, 15) is 4.79 Å². The van der Waals surface area contributed by atoms with Crippen molar-refractivity contribution in [2.45, 2.75) is 6.54 Å². The van der Waals surface area contributed by atoms with Gasteiger partial charge in [-0.3, -0.25) is 10.2 Å². The van der Waals surface area contributed by atoms with E-state index < -0.39 is 0 Å². The summed E-state index contributed by atoms with van der Waals surface area (Å²) in [5.41, 5.74) is 1.30. The molecule has 0 bridgehead atoms. The Morgan fingerprint density at radius 1 is 1.14 bits per heavy atom. The number of nitrogens with one attached hydrogen (secondary N) is 1. The lowest BCUT2D eigenvalue weighted by Crippen LogP contribution is -2.49. The largest absolute Gasteiger partial charge is 0.363 e. The van der Waals surface area contributed by atoms with Gasteiger partial charge in [0, 0.05) is 38.8 Å². The molecule has 0 spiro atoms. The van der Waals surface area contributed by atoms with Crippen molar-refractivity contribution in [3.8, 4) is 0 Å². The van der Waals surface area contributed by atoms with E-state index in [0.717, 1.165) is 32.7 Å². The van der Waals surface area contributed by atoms with Gasteiger partial charge in [0.25, 0.3) is 0 Å². The molecular formula is C15H18N4O2. The van der Waals surface area contributed by atoms with Crippen LogP contribution in [0.1, 0.15) is 5.56 Å². The van der Waals surface area contributed by atoms with Crippen LogP contribution in [0.4, 0.5) is 10.6 Å². The quantitative estimate of drug-likeness (QED) is 0.937. The Kier molecular flexibility index (Phi) is 4.16. The van der Waals surface area contributed by atoms with E-state index >= 15 is 0 Å². The number of carbonyl (C=O) groups is 1. The average Bonchev–Trinajstić information content (AvgIpc) is 3.02. The van der Waals surface area contributed by atoms with Crippen molar-refractivity contribution in [3.63, 3.8) is 0 Å². The zero-order valence-electron chi connectivity index (χ0n) is 11.7.